The van der Waals surface area contributed by atoms with Crippen LogP contribution in [0.2, 0.25) is 0 Å². The van der Waals surface area contributed by atoms with Gasteiger partial charge < -0.3 is 19.9 Å². The van der Waals surface area contributed by atoms with Gasteiger partial charge in [0, 0.05) is 25.7 Å². The summed E-state index contributed by atoms with van der Waals surface area (Å²) in [6, 6.07) is 1.80. The quantitative estimate of drug-likeness (QED) is 0.777. The van der Waals surface area contributed by atoms with Gasteiger partial charge in [0.1, 0.15) is 12.4 Å². The number of nitrogens with two attached hydrogens (primary N) is 1. The lowest BCUT2D eigenvalue weighted by molar-refractivity contribution is 0.0319. The Morgan fingerprint density at radius 1 is 1.39 bits per heavy atom. The highest BCUT2D eigenvalue weighted by Gasteiger charge is 2.10. The summed E-state index contributed by atoms with van der Waals surface area (Å²) < 4.78 is 15.7. The van der Waals surface area contributed by atoms with E-state index in [0.29, 0.717) is 18.3 Å². The summed E-state index contributed by atoms with van der Waals surface area (Å²) in [5.74, 6) is 0.774. The molecule has 0 aromatic carbocycles. The second-order valence-electron chi connectivity index (χ2n) is 3.92. The van der Waals surface area contributed by atoms with Crippen molar-refractivity contribution in [1.29, 1.82) is 0 Å². The zero-order valence-corrected chi connectivity index (χ0v) is 10.5. The van der Waals surface area contributed by atoms with Crippen molar-refractivity contribution in [1.82, 2.24) is 14.9 Å². The summed E-state index contributed by atoms with van der Waals surface area (Å²) >= 11 is 0. The number of hydrogen-bond acceptors (Lipinski definition) is 7. The SMILES string of the molecule is COc1nc(N)cc(OCCN2CCOCC2)n1. The molecule has 1 saturated heterocycles. The lowest BCUT2D eigenvalue weighted by Gasteiger charge is -2.26. The van der Waals surface area contributed by atoms with Crippen molar-refractivity contribution >= 4 is 5.82 Å². The van der Waals surface area contributed by atoms with Crippen molar-refractivity contribution < 1.29 is 14.2 Å². The molecule has 0 saturated carbocycles. The Labute approximate surface area is 106 Å². The van der Waals surface area contributed by atoms with Crippen molar-refractivity contribution in [2.45, 2.75) is 0 Å². The Morgan fingerprint density at radius 3 is 2.89 bits per heavy atom. The Morgan fingerprint density at radius 2 is 2.17 bits per heavy atom. The minimum absolute atomic E-state index is 0.219. The van der Waals surface area contributed by atoms with Gasteiger partial charge in [-0.15, -0.1) is 0 Å². The largest absolute Gasteiger partial charge is 0.476 e. The summed E-state index contributed by atoms with van der Waals surface area (Å²) in [7, 11) is 1.49. The lowest BCUT2D eigenvalue weighted by Crippen LogP contribution is -2.38. The summed E-state index contributed by atoms with van der Waals surface area (Å²) in [6.45, 7) is 4.86. The maximum atomic E-state index is 5.61. The zero-order valence-electron chi connectivity index (χ0n) is 10.5. The number of nitrogens with zero attached hydrogens (tertiary/aromatic N) is 3. The molecule has 2 rings (SSSR count). The summed E-state index contributed by atoms with van der Waals surface area (Å²) in [5.41, 5.74) is 5.61. The van der Waals surface area contributed by atoms with Crippen molar-refractivity contribution in [3.05, 3.63) is 6.07 Å². The van der Waals surface area contributed by atoms with Crippen molar-refractivity contribution in [2.75, 3.05) is 52.3 Å². The summed E-state index contributed by atoms with van der Waals surface area (Å²) in [6.07, 6.45) is 0. The van der Waals surface area contributed by atoms with Gasteiger partial charge >= 0.3 is 6.01 Å². The van der Waals surface area contributed by atoms with Gasteiger partial charge in [-0.05, 0) is 0 Å². The van der Waals surface area contributed by atoms with Crippen LogP contribution in [0.3, 0.4) is 0 Å². The van der Waals surface area contributed by atoms with Gasteiger partial charge in [-0.25, -0.2) is 0 Å². The number of methoxy groups -OCH3 is 1. The molecule has 1 aliphatic rings. The molecular formula is C11H18N4O3. The van der Waals surface area contributed by atoms with E-state index in [-0.39, 0.29) is 6.01 Å². The first-order valence-electron chi connectivity index (χ1n) is 5.89. The maximum absolute atomic E-state index is 5.61. The van der Waals surface area contributed by atoms with Crippen LogP contribution in [0.4, 0.5) is 5.82 Å². The van der Waals surface area contributed by atoms with Gasteiger partial charge in [0.2, 0.25) is 5.88 Å². The fourth-order valence-electron chi connectivity index (χ4n) is 1.69. The van der Waals surface area contributed by atoms with Crippen LogP contribution >= 0.6 is 0 Å². The van der Waals surface area contributed by atoms with E-state index >= 15 is 0 Å². The van der Waals surface area contributed by atoms with E-state index in [1.807, 2.05) is 0 Å². The molecule has 0 atom stereocenters. The minimum atomic E-state index is 0.219. The molecule has 0 aliphatic carbocycles. The smallest absolute Gasteiger partial charge is 0.321 e. The van der Waals surface area contributed by atoms with E-state index in [1.165, 1.54) is 7.11 Å². The number of rotatable bonds is 5. The monoisotopic (exact) mass is 254 g/mol. The van der Waals surface area contributed by atoms with E-state index in [2.05, 4.69) is 14.9 Å². The minimum Gasteiger partial charge on any atom is -0.476 e. The highest BCUT2D eigenvalue weighted by atomic mass is 16.5. The first-order chi connectivity index (χ1) is 8.78. The number of anilines is 1. The highest BCUT2D eigenvalue weighted by Crippen LogP contribution is 2.14. The Hall–Kier alpha value is -1.60. The van der Waals surface area contributed by atoms with Gasteiger partial charge in [-0.3, -0.25) is 4.90 Å². The van der Waals surface area contributed by atoms with Crippen molar-refractivity contribution in [3.8, 4) is 11.9 Å². The van der Waals surface area contributed by atoms with Gasteiger partial charge in [0.05, 0.1) is 20.3 Å². The molecule has 18 heavy (non-hydrogen) atoms. The molecule has 0 amide bonds. The normalized spacial score (nSPS) is 16.5. The van der Waals surface area contributed by atoms with E-state index in [4.69, 9.17) is 19.9 Å². The van der Waals surface area contributed by atoms with Crippen molar-refractivity contribution in [2.24, 2.45) is 0 Å². The van der Waals surface area contributed by atoms with Crippen molar-refractivity contribution in [3.63, 3.8) is 0 Å². The summed E-state index contributed by atoms with van der Waals surface area (Å²) in [4.78, 5) is 10.2. The van der Waals surface area contributed by atoms with Crippen LogP contribution in [-0.2, 0) is 4.74 Å². The fraction of sp³-hybridized carbons (Fsp3) is 0.636. The average molecular weight is 254 g/mol. The predicted octanol–water partition coefficient (Wildman–Crippen LogP) is -0.222. The van der Waals surface area contributed by atoms with E-state index in [0.717, 1.165) is 32.8 Å². The molecule has 7 heteroatoms. The molecule has 0 bridgehead atoms. The Bertz CT molecular complexity index is 383. The highest BCUT2D eigenvalue weighted by molar-refractivity contribution is 5.34. The third-order valence-electron chi connectivity index (χ3n) is 2.65. The molecule has 2 N–H and O–H groups in total. The molecule has 100 valence electrons. The van der Waals surface area contributed by atoms with Gasteiger partial charge in [0.25, 0.3) is 0 Å². The fourth-order valence-corrected chi connectivity index (χ4v) is 1.69. The van der Waals surface area contributed by atoms with Crippen LogP contribution in [0, 0.1) is 0 Å². The summed E-state index contributed by atoms with van der Waals surface area (Å²) in [5, 5.41) is 0. The third-order valence-corrected chi connectivity index (χ3v) is 2.65. The predicted molar refractivity (Wildman–Crippen MR) is 65.8 cm³/mol. The molecule has 1 aromatic rings. The number of ether oxygens (including phenoxy) is 3. The van der Waals surface area contributed by atoms with Gasteiger partial charge in [-0.1, -0.05) is 0 Å². The molecule has 1 aromatic heterocycles. The molecule has 0 unspecified atom stereocenters. The maximum Gasteiger partial charge on any atom is 0.321 e. The van der Waals surface area contributed by atoms with E-state index in [9.17, 15) is 0 Å². The van der Waals surface area contributed by atoms with Crippen LogP contribution in [0.1, 0.15) is 0 Å². The Kier molecular flexibility index (Phi) is 4.54. The lowest BCUT2D eigenvalue weighted by atomic mass is 10.4. The van der Waals surface area contributed by atoms with Crippen LogP contribution in [0.15, 0.2) is 6.07 Å². The molecule has 0 spiro atoms. The third kappa shape index (κ3) is 3.71. The molecular weight excluding hydrogens is 236 g/mol. The molecule has 2 heterocycles. The van der Waals surface area contributed by atoms with E-state index < -0.39 is 0 Å². The number of morpholine rings is 1. The van der Waals surface area contributed by atoms with Crippen LogP contribution in [0.25, 0.3) is 0 Å². The Balaban J connectivity index is 1.80. The van der Waals surface area contributed by atoms with Crippen LogP contribution in [-0.4, -0.2) is 61.4 Å². The first kappa shape index (κ1) is 12.8. The zero-order chi connectivity index (χ0) is 12.8. The number of hydrogen-bond donors (Lipinski definition) is 1. The average Bonchev–Trinajstić information content (AvgIpc) is 2.39. The molecule has 7 nitrogen and oxygen atoms in total. The molecule has 1 fully saturated rings. The standard InChI is InChI=1S/C11H18N4O3/c1-16-11-13-9(12)8-10(14-11)18-7-4-15-2-5-17-6-3-15/h8H,2-7H2,1H3,(H2,12,13,14). The topological polar surface area (TPSA) is 82.7 Å². The second kappa shape index (κ2) is 6.36. The molecule has 0 radical (unpaired) electrons. The van der Waals surface area contributed by atoms with Gasteiger partial charge in [-0.2, -0.15) is 9.97 Å². The first-order valence-corrected chi connectivity index (χ1v) is 5.89. The molecule has 1 aliphatic heterocycles. The van der Waals surface area contributed by atoms with Gasteiger partial charge in [0.15, 0.2) is 0 Å². The second-order valence-corrected chi connectivity index (χ2v) is 3.92. The number of aromatic nitrogens is 2. The number of nitrogen functional groups attached to an aromatic ring is 1. The van der Waals surface area contributed by atoms with Crippen LogP contribution in [0.5, 0.6) is 11.9 Å². The van der Waals surface area contributed by atoms with E-state index in [1.54, 1.807) is 6.07 Å². The van der Waals surface area contributed by atoms with Crippen LogP contribution < -0.4 is 15.2 Å².